The summed E-state index contributed by atoms with van der Waals surface area (Å²) in [4.78, 5) is 14.7. The number of carbonyl (C=O) groups is 1. The number of nitrogens with zero attached hydrogens (tertiary/aromatic N) is 1. The molecule has 1 aromatic carbocycles. The van der Waals surface area contributed by atoms with Crippen molar-refractivity contribution < 1.29 is 9.53 Å². The van der Waals surface area contributed by atoms with Crippen LogP contribution in [0, 0.1) is 5.41 Å². The maximum absolute atomic E-state index is 12.8. The van der Waals surface area contributed by atoms with Crippen molar-refractivity contribution in [3.05, 3.63) is 35.4 Å². The molecule has 0 radical (unpaired) electrons. The van der Waals surface area contributed by atoms with Crippen LogP contribution in [0.15, 0.2) is 24.3 Å². The van der Waals surface area contributed by atoms with Crippen LogP contribution in [0.5, 0.6) is 0 Å². The molecule has 116 valence electrons. The molecule has 1 aliphatic rings. The van der Waals surface area contributed by atoms with E-state index < -0.39 is 6.10 Å². The monoisotopic (exact) mass is 290 g/mol. The summed E-state index contributed by atoms with van der Waals surface area (Å²) in [5.41, 5.74) is 7.94. The van der Waals surface area contributed by atoms with Gasteiger partial charge in [0.15, 0.2) is 6.10 Å². The first-order valence-corrected chi connectivity index (χ1v) is 7.67. The van der Waals surface area contributed by atoms with Crippen molar-refractivity contribution in [1.29, 1.82) is 0 Å². The van der Waals surface area contributed by atoms with Crippen molar-refractivity contribution in [2.24, 2.45) is 11.1 Å². The molecule has 2 N–H and O–H groups in total. The van der Waals surface area contributed by atoms with Crippen molar-refractivity contribution in [2.45, 2.75) is 33.3 Å². The van der Waals surface area contributed by atoms with E-state index in [1.807, 2.05) is 30.0 Å². The Balaban J connectivity index is 2.19. The summed E-state index contributed by atoms with van der Waals surface area (Å²) in [5, 5.41) is 0. The molecule has 1 atom stereocenters. The third-order valence-electron chi connectivity index (χ3n) is 4.08. The van der Waals surface area contributed by atoms with Crippen LogP contribution in [-0.2, 0) is 16.0 Å². The van der Waals surface area contributed by atoms with Crippen LogP contribution in [-0.4, -0.2) is 37.0 Å². The quantitative estimate of drug-likeness (QED) is 0.904. The van der Waals surface area contributed by atoms with Gasteiger partial charge in [0.05, 0.1) is 6.61 Å². The average Bonchev–Trinajstić information content (AvgIpc) is 2.51. The zero-order valence-electron chi connectivity index (χ0n) is 13.3. The molecule has 0 fully saturated rings. The van der Waals surface area contributed by atoms with Gasteiger partial charge >= 0.3 is 0 Å². The molecule has 1 aromatic rings. The van der Waals surface area contributed by atoms with E-state index in [4.69, 9.17) is 10.5 Å². The Morgan fingerprint density at radius 1 is 1.43 bits per heavy atom. The number of fused-ring (bicyclic) bond motifs is 1. The molecule has 2 rings (SSSR count). The molecule has 4 nitrogen and oxygen atoms in total. The number of carbonyl (C=O) groups excluding carboxylic acids is 1. The zero-order chi connectivity index (χ0) is 15.5. The average molecular weight is 290 g/mol. The van der Waals surface area contributed by atoms with Crippen molar-refractivity contribution >= 4 is 5.91 Å². The van der Waals surface area contributed by atoms with Crippen LogP contribution in [0.1, 0.15) is 38.0 Å². The number of likely N-dealkylation sites (N-methyl/N-ethyl adjacent to an activating group) is 1. The lowest BCUT2D eigenvalue weighted by molar-refractivity contribution is -0.146. The van der Waals surface area contributed by atoms with Gasteiger partial charge in [-0.05, 0) is 36.4 Å². The summed E-state index contributed by atoms with van der Waals surface area (Å²) in [6.07, 6.45) is 0.406. The largest absolute Gasteiger partial charge is 0.363 e. The van der Waals surface area contributed by atoms with Gasteiger partial charge in [0.25, 0.3) is 5.91 Å². The molecule has 21 heavy (non-hydrogen) atoms. The third-order valence-corrected chi connectivity index (χ3v) is 4.08. The Morgan fingerprint density at radius 3 is 2.81 bits per heavy atom. The van der Waals surface area contributed by atoms with Crippen LogP contribution >= 0.6 is 0 Å². The van der Waals surface area contributed by atoms with E-state index in [1.165, 1.54) is 5.56 Å². The number of ether oxygens (including phenoxy) is 1. The van der Waals surface area contributed by atoms with Crippen LogP contribution in [0.4, 0.5) is 0 Å². The van der Waals surface area contributed by atoms with Gasteiger partial charge in [0.1, 0.15) is 0 Å². The van der Waals surface area contributed by atoms with Crippen LogP contribution in [0.2, 0.25) is 0 Å². The first-order chi connectivity index (χ1) is 9.98. The molecule has 0 saturated carbocycles. The SMILES string of the molecule is CCN(CC(C)(C)CN)C(=O)C1OCCc2ccccc21. The Morgan fingerprint density at radius 2 is 2.14 bits per heavy atom. The van der Waals surface area contributed by atoms with Gasteiger partial charge in [-0.25, -0.2) is 0 Å². The molecule has 0 bridgehead atoms. The summed E-state index contributed by atoms with van der Waals surface area (Å²) in [6, 6.07) is 8.06. The number of hydrogen-bond donors (Lipinski definition) is 1. The fourth-order valence-electron chi connectivity index (χ4n) is 2.69. The number of nitrogens with two attached hydrogens (primary N) is 1. The summed E-state index contributed by atoms with van der Waals surface area (Å²) < 4.78 is 5.77. The lowest BCUT2D eigenvalue weighted by Gasteiger charge is -2.35. The predicted octanol–water partition coefficient (Wildman–Crippen LogP) is 2.13. The smallest absolute Gasteiger partial charge is 0.256 e. The van der Waals surface area contributed by atoms with Crippen molar-refractivity contribution in [3.8, 4) is 0 Å². The standard InChI is InChI=1S/C17H26N2O2/c1-4-19(12-17(2,3)11-18)16(20)15-14-8-6-5-7-13(14)9-10-21-15/h5-8,15H,4,9-12,18H2,1-3H3. The second-order valence-corrected chi connectivity index (χ2v) is 6.42. The Hall–Kier alpha value is -1.39. The van der Waals surface area contributed by atoms with Crippen molar-refractivity contribution in [3.63, 3.8) is 0 Å². The summed E-state index contributed by atoms with van der Waals surface area (Å²) in [5.74, 6) is 0.0474. The first-order valence-electron chi connectivity index (χ1n) is 7.67. The predicted molar refractivity (Wildman–Crippen MR) is 83.9 cm³/mol. The van der Waals surface area contributed by atoms with Crippen LogP contribution < -0.4 is 5.73 Å². The molecular formula is C17H26N2O2. The fourth-order valence-corrected chi connectivity index (χ4v) is 2.69. The topological polar surface area (TPSA) is 55.6 Å². The molecular weight excluding hydrogens is 264 g/mol. The normalized spacial score (nSPS) is 18.2. The lowest BCUT2D eigenvalue weighted by Crippen LogP contribution is -2.45. The van der Waals surface area contributed by atoms with Gasteiger partial charge in [-0.2, -0.15) is 0 Å². The molecule has 1 heterocycles. The Labute approximate surface area is 127 Å². The second-order valence-electron chi connectivity index (χ2n) is 6.42. The van der Waals surface area contributed by atoms with E-state index in [1.54, 1.807) is 0 Å². The highest BCUT2D eigenvalue weighted by Crippen LogP contribution is 2.29. The minimum atomic E-state index is -0.469. The van der Waals surface area contributed by atoms with E-state index >= 15 is 0 Å². The van der Waals surface area contributed by atoms with Crippen molar-refractivity contribution in [2.75, 3.05) is 26.2 Å². The van der Waals surface area contributed by atoms with E-state index in [0.717, 1.165) is 12.0 Å². The van der Waals surface area contributed by atoms with E-state index in [9.17, 15) is 4.79 Å². The van der Waals surface area contributed by atoms with E-state index in [0.29, 0.717) is 26.2 Å². The van der Waals surface area contributed by atoms with E-state index in [2.05, 4.69) is 19.9 Å². The van der Waals surface area contributed by atoms with Gasteiger partial charge in [-0.1, -0.05) is 38.1 Å². The lowest BCUT2D eigenvalue weighted by atomic mass is 9.92. The molecule has 1 aliphatic heterocycles. The maximum Gasteiger partial charge on any atom is 0.256 e. The number of rotatable bonds is 5. The zero-order valence-corrected chi connectivity index (χ0v) is 13.3. The number of benzene rings is 1. The minimum Gasteiger partial charge on any atom is -0.363 e. The summed E-state index contributed by atoms with van der Waals surface area (Å²) in [7, 11) is 0. The third kappa shape index (κ3) is 3.63. The molecule has 0 spiro atoms. The van der Waals surface area contributed by atoms with Crippen molar-refractivity contribution in [1.82, 2.24) is 4.90 Å². The second kappa shape index (κ2) is 6.58. The minimum absolute atomic E-state index is 0.0474. The maximum atomic E-state index is 12.8. The molecule has 0 aliphatic carbocycles. The summed E-state index contributed by atoms with van der Waals surface area (Å²) >= 11 is 0. The number of hydrogen-bond acceptors (Lipinski definition) is 3. The molecule has 1 amide bonds. The number of amides is 1. The highest BCUT2D eigenvalue weighted by Gasteiger charge is 2.32. The van der Waals surface area contributed by atoms with Gasteiger partial charge in [-0.15, -0.1) is 0 Å². The van der Waals surface area contributed by atoms with Gasteiger partial charge in [-0.3, -0.25) is 4.79 Å². The molecule has 4 heteroatoms. The van der Waals surface area contributed by atoms with Gasteiger partial charge in [0, 0.05) is 13.1 Å². The van der Waals surface area contributed by atoms with Gasteiger partial charge in [0.2, 0.25) is 0 Å². The highest BCUT2D eigenvalue weighted by atomic mass is 16.5. The Bertz CT molecular complexity index is 499. The molecule has 0 aromatic heterocycles. The van der Waals surface area contributed by atoms with E-state index in [-0.39, 0.29) is 11.3 Å². The van der Waals surface area contributed by atoms with Crippen LogP contribution in [0.25, 0.3) is 0 Å². The molecule has 1 unspecified atom stereocenters. The van der Waals surface area contributed by atoms with Crippen LogP contribution in [0.3, 0.4) is 0 Å². The summed E-state index contributed by atoms with van der Waals surface area (Å²) in [6.45, 7) is 8.64. The molecule has 0 saturated heterocycles. The Kier molecular flexibility index (Phi) is 5.01. The first kappa shape index (κ1) is 16.0. The fraction of sp³-hybridized carbons (Fsp3) is 0.588. The van der Waals surface area contributed by atoms with Gasteiger partial charge < -0.3 is 15.4 Å². The highest BCUT2D eigenvalue weighted by molar-refractivity contribution is 5.83.